The molecule has 0 amide bonds. The van der Waals surface area contributed by atoms with Gasteiger partial charge in [-0.1, -0.05) is 44.2 Å². The number of carbonyl (C=O) groups excluding carboxylic acids is 1. The molecule has 4 heteroatoms. The number of para-hydroxylation sites is 1. The van der Waals surface area contributed by atoms with Crippen LogP contribution in [0, 0.1) is 6.92 Å². The Balaban J connectivity index is 2.06. The molecule has 2 aromatic carbocycles. The number of rotatable bonds is 6. The summed E-state index contributed by atoms with van der Waals surface area (Å²) in [5, 5.41) is 0. The molecular weight excluding hydrogens is 314 g/mol. The molecule has 134 valence electrons. The highest BCUT2D eigenvalue weighted by atomic mass is 16.7. The standard InChI is InChI=1S/C21H27NO3/c1-6-22(18-11-9-10-16(4)14-18)17(5)24-21(23)25-20-13-8-7-12-19(20)15(2)3/h7-15,17H,6H2,1-5H3. The van der Waals surface area contributed by atoms with Gasteiger partial charge in [-0.05, 0) is 56.0 Å². The van der Waals surface area contributed by atoms with E-state index in [1.165, 1.54) is 0 Å². The van der Waals surface area contributed by atoms with Crippen molar-refractivity contribution < 1.29 is 14.3 Å². The van der Waals surface area contributed by atoms with E-state index in [0.29, 0.717) is 5.75 Å². The zero-order valence-corrected chi connectivity index (χ0v) is 15.7. The maximum atomic E-state index is 12.2. The average Bonchev–Trinajstić information content (AvgIpc) is 2.55. The van der Waals surface area contributed by atoms with Crippen molar-refractivity contribution in [3.05, 3.63) is 59.7 Å². The molecule has 0 spiro atoms. The monoisotopic (exact) mass is 341 g/mol. The predicted molar refractivity (Wildman–Crippen MR) is 101 cm³/mol. The van der Waals surface area contributed by atoms with Crippen LogP contribution in [-0.4, -0.2) is 18.9 Å². The van der Waals surface area contributed by atoms with E-state index in [-0.39, 0.29) is 5.92 Å². The molecule has 0 heterocycles. The lowest BCUT2D eigenvalue weighted by Gasteiger charge is -2.29. The Morgan fingerprint density at radius 1 is 1.08 bits per heavy atom. The number of nitrogens with zero attached hydrogens (tertiary/aromatic N) is 1. The molecule has 1 atom stereocenters. The quantitative estimate of drug-likeness (QED) is 0.395. The van der Waals surface area contributed by atoms with E-state index < -0.39 is 12.4 Å². The normalized spacial score (nSPS) is 11.9. The molecule has 0 radical (unpaired) electrons. The number of carbonyl (C=O) groups is 1. The highest BCUT2D eigenvalue weighted by Crippen LogP contribution is 2.26. The Bertz CT molecular complexity index is 712. The van der Waals surface area contributed by atoms with Crippen molar-refractivity contribution >= 4 is 11.8 Å². The first-order valence-corrected chi connectivity index (χ1v) is 8.73. The molecule has 2 rings (SSSR count). The average molecular weight is 341 g/mol. The molecule has 25 heavy (non-hydrogen) atoms. The fourth-order valence-corrected chi connectivity index (χ4v) is 2.82. The molecule has 0 saturated carbocycles. The van der Waals surface area contributed by atoms with E-state index in [0.717, 1.165) is 23.4 Å². The first kappa shape index (κ1) is 18.8. The third-order valence-corrected chi connectivity index (χ3v) is 4.11. The first-order chi connectivity index (χ1) is 11.9. The van der Waals surface area contributed by atoms with Crippen LogP contribution < -0.4 is 9.64 Å². The van der Waals surface area contributed by atoms with Crippen LogP contribution in [0.25, 0.3) is 0 Å². The zero-order valence-electron chi connectivity index (χ0n) is 15.7. The maximum Gasteiger partial charge on any atom is 0.515 e. The lowest BCUT2D eigenvalue weighted by atomic mass is 10.0. The largest absolute Gasteiger partial charge is 0.515 e. The predicted octanol–water partition coefficient (Wildman–Crippen LogP) is 5.51. The second-order valence-electron chi connectivity index (χ2n) is 6.39. The summed E-state index contributed by atoms with van der Waals surface area (Å²) in [6.45, 7) is 10.8. The molecular formula is C21H27NO3. The Morgan fingerprint density at radius 2 is 1.80 bits per heavy atom. The molecule has 2 aromatic rings. The van der Waals surface area contributed by atoms with E-state index in [1.807, 2.05) is 62.1 Å². The molecule has 0 aliphatic carbocycles. The maximum absolute atomic E-state index is 12.2. The molecule has 0 fully saturated rings. The Labute approximate surface area is 150 Å². The number of aryl methyl sites for hydroxylation is 1. The van der Waals surface area contributed by atoms with E-state index in [4.69, 9.17) is 9.47 Å². The topological polar surface area (TPSA) is 38.8 Å². The van der Waals surface area contributed by atoms with Crippen LogP contribution in [0.4, 0.5) is 10.5 Å². The summed E-state index contributed by atoms with van der Waals surface area (Å²) in [5.41, 5.74) is 3.17. The van der Waals surface area contributed by atoms with Crippen molar-refractivity contribution in [1.82, 2.24) is 0 Å². The van der Waals surface area contributed by atoms with Gasteiger partial charge in [0.05, 0.1) is 0 Å². The van der Waals surface area contributed by atoms with Crippen molar-refractivity contribution in [1.29, 1.82) is 0 Å². The van der Waals surface area contributed by atoms with Crippen molar-refractivity contribution in [2.45, 2.75) is 46.8 Å². The van der Waals surface area contributed by atoms with Crippen LogP contribution in [0.5, 0.6) is 5.75 Å². The number of ether oxygens (including phenoxy) is 2. The number of benzene rings is 2. The van der Waals surface area contributed by atoms with Gasteiger partial charge in [0.25, 0.3) is 0 Å². The molecule has 0 bridgehead atoms. The third-order valence-electron chi connectivity index (χ3n) is 4.11. The summed E-state index contributed by atoms with van der Waals surface area (Å²) in [5.74, 6) is 0.814. The minimum Gasteiger partial charge on any atom is -0.410 e. The van der Waals surface area contributed by atoms with Gasteiger partial charge in [0.2, 0.25) is 0 Å². The van der Waals surface area contributed by atoms with E-state index in [9.17, 15) is 4.79 Å². The van der Waals surface area contributed by atoms with Gasteiger partial charge in [-0.15, -0.1) is 0 Å². The minimum atomic E-state index is -0.688. The summed E-state index contributed by atoms with van der Waals surface area (Å²) < 4.78 is 10.9. The Hall–Kier alpha value is -2.49. The second-order valence-corrected chi connectivity index (χ2v) is 6.39. The van der Waals surface area contributed by atoms with Crippen molar-refractivity contribution in [2.75, 3.05) is 11.4 Å². The van der Waals surface area contributed by atoms with Crippen LogP contribution in [0.1, 0.15) is 44.7 Å². The van der Waals surface area contributed by atoms with Gasteiger partial charge < -0.3 is 14.4 Å². The number of hydrogen-bond donors (Lipinski definition) is 0. The summed E-state index contributed by atoms with van der Waals surface area (Å²) in [7, 11) is 0. The summed E-state index contributed by atoms with van der Waals surface area (Å²) in [4.78, 5) is 14.3. The lowest BCUT2D eigenvalue weighted by molar-refractivity contribution is 0.0642. The van der Waals surface area contributed by atoms with Crippen LogP contribution in [0.2, 0.25) is 0 Å². The number of hydrogen-bond acceptors (Lipinski definition) is 4. The van der Waals surface area contributed by atoms with Gasteiger partial charge in [-0.2, -0.15) is 0 Å². The molecule has 0 aliphatic rings. The minimum absolute atomic E-state index is 0.265. The van der Waals surface area contributed by atoms with Crippen LogP contribution in [-0.2, 0) is 4.74 Å². The summed E-state index contributed by atoms with van der Waals surface area (Å²) in [6.07, 6.45) is -1.11. The Kier molecular flexibility index (Phi) is 6.45. The van der Waals surface area contributed by atoms with Crippen molar-refractivity contribution in [3.63, 3.8) is 0 Å². The third kappa shape index (κ3) is 4.99. The molecule has 0 N–H and O–H groups in total. The molecule has 1 unspecified atom stereocenters. The highest BCUT2D eigenvalue weighted by Gasteiger charge is 2.20. The molecule has 0 saturated heterocycles. The van der Waals surface area contributed by atoms with Gasteiger partial charge in [-0.3, -0.25) is 0 Å². The van der Waals surface area contributed by atoms with Gasteiger partial charge in [-0.25, -0.2) is 4.79 Å². The SMILES string of the molecule is CCN(c1cccc(C)c1)C(C)OC(=O)Oc1ccccc1C(C)C. The van der Waals surface area contributed by atoms with Gasteiger partial charge in [0.15, 0.2) is 6.23 Å². The van der Waals surface area contributed by atoms with E-state index in [2.05, 4.69) is 19.9 Å². The summed E-state index contributed by atoms with van der Waals surface area (Å²) in [6, 6.07) is 15.7. The fraction of sp³-hybridized carbons (Fsp3) is 0.381. The molecule has 4 nitrogen and oxygen atoms in total. The van der Waals surface area contributed by atoms with Gasteiger partial charge in [0.1, 0.15) is 5.75 Å². The molecule has 0 aromatic heterocycles. The van der Waals surface area contributed by atoms with Gasteiger partial charge in [0, 0.05) is 12.2 Å². The second kappa shape index (κ2) is 8.56. The van der Waals surface area contributed by atoms with Gasteiger partial charge >= 0.3 is 6.16 Å². The Morgan fingerprint density at radius 3 is 2.44 bits per heavy atom. The van der Waals surface area contributed by atoms with Crippen LogP contribution in [0.3, 0.4) is 0 Å². The van der Waals surface area contributed by atoms with E-state index >= 15 is 0 Å². The smallest absolute Gasteiger partial charge is 0.410 e. The highest BCUT2D eigenvalue weighted by molar-refractivity contribution is 5.65. The van der Waals surface area contributed by atoms with Crippen LogP contribution >= 0.6 is 0 Å². The summed E-state index contributed by atoms with van der Waals surface area (Å²) >= 11 is 0. The van der Waals surface area contributed by atoms with E-state index in [1.54, 1.807) is 6.07 Å². The van der Waals surface area contributed by atoms with Crippen LogP contribution in [0.15, 0.2) is 48.5 Å². The first-order valence-electron chi connectivity index (χ1n) is 8.73. The number of anilines is 1. The zero-order chi connectivity index (χ0) is 18.4. The van der Waals surface area contributed by atoms with Crippen molar-refractivity contribution in [3.8, 4) is 5.75 Å². The fourth-order valence-electron chi connectivity index (χ4n) is 2.82. The lowest BCUT2D eigenvalue weighted by Crippen LogP contribution is -2.37. The van der Waals surface area contributed by atoms with Crippen molar-refractivity contribution in [2.24, 2.45) is 0 Å². The molecule has 0 aliphatic heterocycles.